The fourth-order valence-electron chi connectivity index (χ4n) is 1.96. The van der Waals surface area contributed by atoms with Crippen LogP contribution >= 0.6 is 0 Å². The molecule has 1 rings (SSSR count). The Kier molecular flexibility index (Phi) is 5.31. The van der Waals surface area contributed by atoms with Crippen molar-refractivity contribution in [1.82, 2.24) is 4.98 Å². The van der Waals surface area contributed by atoms with Crippen molar-refractivity contribution in [2.45, 2.75) is 26.2 Å². The number of aryl methyl sites for hydroxylation is 1. The molecule has 7 nitrogen and oxygen atoms in total. The highest BCUT2D eigenvalue weighted by Gasteiger charge is 2.22. The Morgan fingerprint density at radius 3 is 2.20 bits per heavy atom. The minimum absolute atomic E-state index is 0.00898. The van der Waals surface area contributed by atoms with Crippen molar-refractivity contribution >= 4 is 17.9 Å². The van der Waals surface area contributed by atoms with Gasteiger partial charge in [0.2, 0.25) is 0 Å². The molecule has 0 aliphatic carbocycles. The van der Waals surface area contributed by atoms with Crippen LogP contribution in [0.4, 0.5) is 0 Å². The lowest BCUT2D eigenvalue weighted by molar-refractivity contribution is -0.140. The first-order valence-corrected chi connectivity index (χ1v) is 5.97. The number of carbonyl (C=O) groups is 3. The summed E-state index contributed by atoms with van der Waals surface area (Å²) in [6.07, 6.45) is 0.190. The smallest absolute Gasteiger partial charge is 0.352 e. The molecular weight excluding hydrogens is 266 g/mol. The Morgan fingerprint density at radius 2 is 1.70 bits per heavy atom. The Balaban J connectivity index is 3.10. The molecule has 0 aliphatic rings. The third-order valence-electron chi connectivity index (χ3n) is 3.00. The molecule has 1 heterocycles. The van der Waals surface area contributed by atoms with Gasteiger partial charge >= 0.3 is 17.9 Å². The zero-order valence-corrected chi connectivity index (χ0v) is 11.6. The number of hydrogen-bond donors (Lipinski definition) is 2. The SMILES string of the molecule is COC(=O)CCc1c(C(=O)O)[nH]c(C)c1CC(=O)OC. The van der Waals surface area contributed by atoms with Crippen molar-refractivity contribution in [3.8, 4) is 0 Å². The van der Waals surface area contributed by atoms with E-state index in [0.29, 0.717) is 16.8 Å². The molecule has 0 aromatic carbocycles. The first-order valence-electron chi connectivity index (χ1n) is 5.97. The topological polar surface area (TPSA) is 106 Å². The number of aromatic amines is 1. The van der Waals surface area contributed by atoms with Gasteiger partial charge in [0.05, 0.1) is 20.6 Å². The van der Waals surface area contributed by atoms with Crippen molar-refractivity contribution in [2.75, 3.05) is 14.2 Å². The number of rotatable bonds is 6. The zero-order chi connectivity index (χ0) is 15.3. The Hall–Kier alpha value is -2.31. The monoisotopic (exact) mass is 283 g/mol. The van der Waals surface area contributed by atoms with Gasteiger partial charge < -0.3 is 19.6 Å². The molecule has 7 heteroatoms. The van der Waals surface area contributed by atoms with E-state index in [9.17, 15) is 14.4 Å². The fraction of sp³-hybridized carbons (Fsp3) is 0.462. The molecule has 0 bridgehead atoms. The predicted octanol–water partition coefficient (Wildman–Crippen LogP) is 0.842. The van der Waals surface area contributed by atoms with E-state index in [0.717, 1.165) is 0 Å². The zero-order valence-electron chi connectivity index (χ0n) is 11.6. The van der Waals surface area contributed by atoms with Crippen molar-refractivity contribution in [3.63, 3.8) is 0 Å². The van der Waals surface area contributed by atoms with Gasteiger partial charge in [0, 0.05) is 12.1 Å². The van der Waals surface area contributed by atoms with Gasteiger partial charge in [-0.3, -0.25) is 9.59 Å². The van der Waals surface area contributed by atoms with Crippen LogP contribution in [0.1, 0.15) is 33.7 Å². The lowest BCUT2D eigenvalue weighted by Gasteiger charge is -2.05. The molecule has 0 fully saturated rings. The molecule has 0 radical (unpaired) electrons. The van der Waals surface area contributed by atoms with Crippen LogP contribution in [0.15, 0.2) is 0 Å². The van der Waals surface area contributed by atoms with E-state index >= 15 is 0 Å². The number of H-pyrrole nitrogens is 1. The number of nitrogens with one attached hydrogen (secondary N) is 1. The van der Waals surface area contributed by atoms with Crippen LogP contribution in [-0.2, 0) is 31.9 Å². The molecule has 20 heavy (non-hydrogen) atoms. The lowest BCUT2D eigenvalue weighted by Crippen LogP contribution is -2.10. The van der Waals surface area contributed by atoms with Gasteiger partial charge in [-0.05, 0) is 24.5 Å². The molecular formula is C13H17NO6. The average molecular weight is 283 g/mol. The predicted molar refractivity (Wildman–Crippen MR) is 68.5 cm³/mol. The number of carboxylic acids is 1. The third kappa shape index (κ3) is 3.59. The molecule has 1 aromatic rings. The second-order valence-electron chi connectivity index (χ2n) is 4.22. The van der Waals surface area contributed by atoms with Gasteiger partial charge in [0.25, 0.3) is 0 Å². The van der Waals surface area contributed by atoms with Gasteiger partial charge in [-0.1, -0.05) is 0 Å². The second kappa shape index (κ2) is 6.74. The number of carboxylic acid groups (broad SMARTS) is 1. The van der Waals surface area contributed by atoms with Gasteiger partial charge in [-0.25, -0.2) is 4.79 Å². The van der Waals surface area contributed by atoms with E-state index < -0.39 is 17.9 Å². The summed E-state index contributed by atoms with van der Waals surface area (Å²) in [6.45, 7) is 1.67. The molecule has 0 unspecified atom stereocenters. The normalized spacial score (nSPS) is 10.2. The first-order chi connectivity index (χ1) is 9.40. The maximum Gasteiger partial charge on any atom is 0.352 e. The fourth-order valence-corrected chi connectivity index (χ4v) is 1.96. The van der Waals surface area contributed by atoms with Crippen molar-refractivity contribution in [2.24, 2.45) is 0 Å². The number of esters is 2. The highest BCUT2D eigenvalue weighted by Crippen LogP contribution is 2.22. The van der Waals surface area contributed by atoms with E-state index in [4.69, 9.17) is 5.11 Å². The Morgan fingerprint density at radius 1 is 1.10 bits per heavy atom. The van der Waals surface area contributed by atoms with E-state index in [2.05, 4.69) is 14.5 Å². The number of aromatic carboxylic acids is 1. The maximum absolute atomic E-state index is 11.4. The van der Waals surface area contributed by atoms with Crippen LogP contribution in [-0.4, -0.2) is 42.2 Å². The molecule has 0 amide bonds. The highest BCUT2D eigenvalue weighted by atomic mass is 16.5. The van der Waals surface area contributed by atoms with Crippen LogP contribution < -0.4 is 0 Å². The molecule has 0 saturated carbocycles. The van der Waals surface area contributed by atoms with Crippen LogP contribution in [0, 0.1) is 6.92 Å². The third-order valence-corrected chi connectivity index (χ3v) is 3.00. The minimum Gasteiger partial charge on any atom is -0.477 e. The number of hydrogen-bond acceptors (Lipinski definition) is 5. The molecule has 0 saturated heterocycles. The van der Waals surface area contributed by atoms with Crippen LogP contribution in [0.3, 0.4) is 0 Å². The number of carbonyl (C=O) groups excluding carboxylic acids is 2. The van der Waals surface area contributed by atoms with Crippen LogP contribution in [0.25, 0.3) is 0 Å². The average Bonchev–Trinajstić information content (AvgIpc) is 2.73. The van der Waals surface area contributed by atoms with E-state index in [-0.39, 0.29) is 25.0 Å². The number of methoxy groups -OCH3 is 2. The van der Waals surface area contributed by atoms with Gasteiger partial charge in [-0.2, -0.15) is 0 Å². The molecule has 0 aliphatic heterocycles. The highest BCUT2D eigenvalue weighted by molar-refractivity contribution is 5.89. The van der Waals surface area contributed by atoms with E-state index in [1.165, 1.54) is 14.2 Å². The maximum atomic E-state index is 11.4. The minimum atomic E-state index is -1.14. The van der Waals surface area contributed by atoms with Crippen molar-refractivity contribution in [1.29, 1.82) is 0 Å². The largest absolute Gasteiger partial charge is 0.477 e. The summed E-state index contributed by atoms with van der Waals surface area (Å²) < 4.78 is 9.12. The van der Waals surface area contributed by atoms with E-state index in [1.807, 2.05) is 0 Å². The summed E-state index contributed by atoms with van der Waals surface area (Å²) in [7, 11) is 2.52. The molecule has 1 aromatic heterocycles. The number of aromatic nitrogens is 1. The molecule has 2 N–H and O–H groups in total. The van der Waals surface area contributed by atoms with Crippen molar-refractivity contribution < 1.29 is 29.0 Å². The summed E-state index contributed by atoms with van der Waals surface area (Å²) in [5, 5.41) is 9.15. The quantitative estimate of drug-likeness (QED) is 0.749. The lowest BCUT2D eigenvalue weighted by atomic mass is 10.0. The summed E-state index contributed by atoms with van der Waals surface area (Å²) >= 11 is 0. The van der Waals surface area contributed by atoms with Gasteiger partial charge in [-0.15, -0.1) is 0 Å². The second-order valence-corrected chi connectivity index (χ2v) is 4.22. The van der Waals surface area contributed by atoms with Gasteiger partial charge in [0.1, 0.15) is 5.69 Å². The first kappa shape index (κ1) is 15.7. The summed E-state index contributed by atoms with van der Waals surface area (Å²) in [6, 6.07) is 0. The summed E-state index contributed by atoms with van der Waals surface area (Å²) in [4.78, 5) is 36.5. The summed E-state index contributed by atoms with van der Waals surface area (Å²) in [5.41, 5.74) is 1.56. The van der Waals surface area contributed by atoms with E-state index in [1.54, 1.807) is 6.92 Å². The molecule has 0 spiro atoms. The standard InChI is InChI=1S/C13H17NO6/c1-7-9(6-11(16)20-3)8(4-5-10(15)19-2)12(14-7)13(17)18/h14H,4-6H2,1-3H3,(H,17,18). The van der Waals surface area contributed by atoms with Crippen LogP contribution in [0.2, 0.25) is 0 Å². The number of ether oxygens (including phenoxy) is 2. The Bertz CT molecular complexity index is 531. The van der Waals surface area contributed by atoms with Crippen molar-refractivity contribution in [3.05, 3.63) is 22.5 Å². The Labute approximate surface area is 115 Å². The van der Waals surface area contributed by atoms with Crippen LogP contribution in [0.5, 0.6) is 0 Å². The van der Waals surface area contributed by atoms with Gasteiger partial charge in [0.15, 0.2) is 0 Å². The molecule has 110 valence electrons. The molecule has 0 atom stereocenters. The summed E-state index contributed by atoms with van der Waals surface area (Å²) in [5.74, 6) is -2.04.